The van der Waals surface area contributed by atoms with Gasteiger partial charge in [0.05, 0.1) is 17.0 Å². The molecule has 21 heavy (non-hydrogen) atoms. The van der Waals surface area contributed by atoms with Crippen molar-refractivity contribution in [2.45, 2.75) is 0 Å². The van der Waals surface area contributed by atoms with Crippen LogP contribution in [0.2, 0.25) is 5.02 Å². The van der Waals surface area contributed by atoms with Crippen LogP contribution in [0.25, 0.3) is 10.1 Å². The van der Waals surface area contributed by atoms with Crippen molar-refractivity contribution < 1.29 is 13.9 Å². The summed E-state index contributed by atoms with van der Waals surface area (Å²) in [4.78, 5) is 12.9. The Balaban J connectivity index is 2.12. The van der Waals surface area contributed by atoms with Gasteiger partial charge in [-0.05, 0) is 30.3 Å². The molecule has 0 aliphatic rings. The van der Waals surface area contributed by atoms with E-state index in [1.54, 1.807) is 19.2 Å². The lowest BCUT2D eigenvalue weighted by Gasteiger charge is -1.99. The highest BCUT2D eigenvalue weighted by Gasteiger charge is 2.19. The van der Waals surface area contributed by atoms with E-state index in [4.69, 9.17) is 16.3 Å². The number of hydrogen-bond donors (Lipinski definition) is 0. The van der Waals surface area contributed by atoms with Crippen molar-refractivity contribution in [3.05, 3.63) is 63.7 Å². The molecule has 106 valence electrons. The average Bonchev–Trinajstić information content (AvgIpc) is 2.83. The van der Waals surface area contributed by atoms with Crippen molar-refractivity contribution in [2.75, 3.05) is 7.11 Å². The maximum Gasteiger partial charge on any atom is 0.204 e. The van der Waals surface area contributed by atoms with E-state index in [-0.39, 0.29) is 11.3 Å². The van der Waals surface area contributed by atoms with Gasteiger partial charge in [-0.2, -0.15) is 0 Å². The van der Waals surface area contributed by atoms with E-state index in [0.29, 0.717) is 15.6 Å². The number of rotatable bonds is 3. The number of benzene rings is 2. The summed E-state index contributed by atoms with van der Waals surface area (Å²) in [5.74, 6) is -0.0235. The number of hydrogen-bond acceptors (Lipinski definition) is 3. The number of methoxy groups -OCH3 is 1. The van der Waals surface area contributed by atoms with Crippen molar-refractivity contribution in [1.29, 1.82) is 0 Å². The Labute approximate surface area is 129 Å². The van der Waals surface area contributed by atoms with Crippen LogP contribution in [-0.4, -0.2) is 12.9 Å². The highest BCUT2D eigenvalue weighted by molar-refractivity contribution is 7.21. The molecule has 0 aliphatic carbocycles. The molecular formula is C16H10ClFO2S. The molecule has 0 saturated heterocycles. The average molecular weight is 321 g/mol. The molecule has 0 atom stereocenters. The van der Waals surface area contributed by atoms with Gasteiger partial charge in [0.2, 0.25) is 5.78 Å². The number of thiophene rings is 1. The van der Waals surface area contributed by atoms with E-state index in [9.17, 15) is 9.18 Å². The van der Waals surface area contributed by atoms with Crippen LogP contribution in [0.15, 0.2) is 42.5 Å². The molecule has 3 aromatic rings. The zero-order valence-corrected chi connectivity index (χ0v) is 12.6. The number of fused-ring (bicyclic) bond motifs is 1. The molecule has 0 bridgehead atoms. The first-order valence-electron chi connectivity index (χ1n) is 6.16. The van der Waals surface area contributed by atoms with Gasteiger partial charge in [-0.1, -0.05) is 23.7 Å². The zero-order chi connectivity index (χ0) is 15.0. The first-order valence-corrected chi connectivity index (χ1v) is 7.36. The Morgan fingerprint density at radius 3 is 2.76 bits per heavy atom. The van der Waals surface area contributed by atoms with Crippen LogP contribution < -0.4 is 4.74 Å². The van der Waals surface area contributed by atoms with E-state index < -0.39 is 5.82 Å². The van der Waals surface area contributed by atoms with Crippen LogP contribution in [0, 0.1) is 5.82 Å². The first kappa shape index (κ1) is 14.0. The minimum Gasteiger partial charge on any atom is -0.497 e. The smallest absolute Gasteiger partial charge is 0.204 e. The summed E-state index contributed by atoms with van der Waals surface area (Å²) in [6.07, 6.45) is 0. The molecule has 0 fully saturated rings. The van der Waals surface area contributed by atoms with Gasteiger partial charge >= 0.3 is 0 Å². The fourth-order valence-electron chi connectivity index (χ4n) is 2.08. The monoisotopic (exact) mass is 320 g/mol. The lowest BCUT2D eigenvalue weighted by Crippen LogP contribution is -1.99. The quantitative estimate of drug-likeness (QED) is 0.639. The Morgan fingerprint density at radius 2 is 2.05 bits per heavy atom. The van der Waals surface area contributed by atoms with Gasteiger partial charge in [-0.15, -0.1) is 11.3 Å². The predicted octanol–water partition coefficient (Wildman–Crippen LogP) is 4.93. The van der Waals surface area contributed by atoms with E-state index in [0.717, 1.165) is 10.1 Å². The van der Waals surface area contributed by atoms with Gasteiger partial charge in [-0.3, -0.25) is 4.79 Å². The molecule has 0 aliphatic heterocycles. The van der Waals surface area contributed by atoms with Gasteiger partial charge < -0.3 is 4.74 Å². The molecular weight excluding hydrogens is 311 g/mol. The lowest BCUT2D eigenvalue weighted by molar-refractivity contribution is 0.104. The van der Waals surface area contributed by atoms with Gasteiger partial charge in [-0.25, -0.2) is 4.39 Å². The van der Waals surface area contributed by atoms with Gasteiger partial charge in [0.1, 0.15) is 11.6 Å². The van der Waals surface area contributed by atoms with Crippen molar-refractivity contribution in [3.63, 3.8) is 0 Å². The Hall–Kier alpha value is -1.91. The molecule has 0 radical (unpaired) electrons. The van der Waals surface area contributed by atoms with Crippen molar-refractivity contribution >= 4 is 38.8 Å². The largest absolute Gasteiger partial charge is 0.497 e. The third-order valence-corrected chi connectivity index (χ3v) is 4.79. The Morgan fingerprint density at radius 1 is 1.24 bits per heavy atom. The van der Waals surface area contributed by atoms with Crippen molar-refractivity contribution in [2.24, 2.45) is 0 Å². The lowest BCUT2D eigenvalue weighted by atomic mass is 10.1. The van der Waals surface area contributed by atoms with Crippen LogP contribution in [0.3, 0.4) is 0 Å². The van der Waals surface area contributed by atoms with E-state index in [1.165, 1.54) is 29.5 Å². The number of halogens is 2. The maximum absolute atomic E-state index is 13.2. The zero-order valence-electron chi connectivity index (χ0n) is 11.0. The van der Waals surface area contributed by atoms with E-state index in [1.807, 2.05) is 12.1 Å². The molecule has 1 heterocycles. The van der Waals surface area contributed by atoms with Crippen LogP contribution in [0.4, 0.5) is 4.39 Å². The van der Waals surface area contributed by atoms with Crippen LogP contribution >= 0.6 is 22.9 Å². The second-order valence-corrected chi connectivity index (χ2v) is 5.88. The molecule has 0 N–H and O–H groups in total. The van der Waals surface area contributed by atoms with E-state index >= 15 is 0 Å². The first-order chi connectivity index (χ1) is 10.1. The van der Waals surface area contributed by atoms with Crippen LogP contribution in [-0.2, 0) is 0 Å². The summed E-state index contributed by atoms with van der Waals surface area (Å²) in [6.45, 7) is 0. The standard InChI is InChI=1S/C16H10ClFO2S/c1-20-11-5-6-12-13(8-11)21-16(14(12)17)15(19)9-3-2-4-10(18)7-9/h2-8H,1H3. The molecule has 3 rings (SSSR count). The van der Waals surface area contributed by atoms with Gasteiger partial charge in [0.15, 0.2) is 0 Å². The summed E-state index contributed by atoms with van der Waals surface area (Å²) in [5, 5.41) is 1.19. The molecule has 2 nitrogen and oxygen atoms in total. The fourth-order valence-corrected chi connectivity index (χ4v) is 3.59. The molecule has 0 saturated carbocycles. The summed E-state index contributed by atoms with van der Waals surface area (Å²) in [6, 6.07) is 11.0. The molecule has 5 heteroatoms. The van der Waals surface area contributed by atoms with Crippen LogP contribution in [0.1, 0.15) is 15.2 Å². The topological polar surface area (TPSA) is 26.3 Å². The van der Waals surface area contributed by atoms with Gasteiger partial charge in [0, 0.05) is 15.6 Å². The Kier molecular flexibility index (Phi) is 3.66. The van der Waals surface area contributed by atoms with Crippen molar-refractivity contribution in [3.8, 4) is 5.75 Å². The molecule has 2 aromatic carbocycles. The summed E-state index contributed by atoms with van der Waals surface area (Å²) < 4.78 is 19.3. The van der Waals surface area contributed by atoms with E-state index in [2.05, 4.69) is 0 Å². The second-order valence-electron chi connectivity index (χ2n) is 4.45. The fraction of sp³-hybridized carbons (Fsp3) is 0.0625. The third kappa shape index (κ3) is 2.52. The number of carbonyl (C=O) groups is 1. The highest BCUT2D eigenvalue weighted by atomic mass is 35.5. The minimum absolute atomic E-state index is 0.278. The van der Waals surface area contributed by atoms with Crippen LogP contribution in [0.5, 0.6) is 5.75 Å². The predicted molar refractivity (Wildman–Crippen MR) is 83.2 cm³/mol. The maximum atomic E-state index is 13.2. The summed E-state index contributed by atoms with van der Waals surface area (Å²) in [5.41, 5.74) is 0.287. The summed E-state index contributed by atoms with van der Waals surface area (Å²) >= 11 is 7.57. The highest BCUT2D eigenvalue weighted by Crippen LogP contribution is 2.38. The number of ketones is 1. The van der Waals surface area contributed by atoms with Gasteiger partial charge in [0.25, 0.3) is 0 Å². The molecule has 0 amide bonds. The third-order valence-electron chi connectivity index (χ3n) is 3.13. The minimum atomic E-state index is -0.445. The normalized spacial score (nSPS) is 10.8. The molecule has 0 spiro atoms. The summed E-state index contributed by atoms with van der Waals surface area (Å²) in [7, 11) is 1.58. The molecule has 0 unspecified atom stereocenters. The SMILES string of the molecule is COc1ccc2c(Cl)c(C(=O)c3cccc(F)c3)sc2c1. The number of ether oxygens (including phenoxy) is 1. The Bertz CT molecular complexity index is 841. The van der Waals surface area contributed by atoms with Crippen molar-refractivity contribution in [1.82, 2.24) is 0 Å². The second kappa shape index (κ2) is 5.47. The number of carbonyl (C=O) groups excluding carboxylic acids is 1. The molecule has 1 aromatic heterocycles.